The van der Waals surface area contributed by atoms with Crippen molar-refractivity contribution in [3.8, 4) is 6.07 Å². The van der Waals surface area contributed by atoms with Gasteiger partial charge in [0.15, 0.2) is 30.4 Å². The maximum atomic E-state index is 14.4. The van der Waals surface area contributed by atoms with Crippen LogP contribution in [0.3, 0.4) is 0 Å². The molecule has 18 atom stereocenters. The molecule has 18 unspecified atom stereocenters. The average molecular weight is 1730 g/mol. The Morgan fingerprint density at radius 2 is 0.808 bits per heavy atom. The van der Waals surface area contributed by atoms with Gasteiger partial charge in [-0.3, -0.25) is 67.1 Å². The molecule has 5 N–H and O–H groups in total. The van der Waals surface area contributed by atoms with E-state index in [0.29, 0.717) is 45.1 Å². The Hall–Kier alpha value is -7.38. The van der Waals surface area contributed by atoms with Crippen LogP contribution in [-0.4, -0.2) is 277 Å². The maximum Gasteiger partial charge on any atom is 0.303 e. The van der Waals surface area contributed by atoms with E-state index >= 15 is 0 Å². The topological polar surface area (TPSA) is 483 Å². The van der Waals surface area contributed by atoms with Gasteiger partial charge >= 0.3 is 35.8 Å². The van der Waals surface area contributed by atoms with Gasteiger partial charge in [-0.15, -0.1) is 0 Å². The third-order valence-electron chi connectivity index (χ3n) is 20.2. The number of Topliss-reactive ketones (excluding diaryl/α,β-unsaturated/α-hetero) is 3. The van der Waals surface area contributed by atoms with Gasteiger partial charge in [0.05, 0.1) is 88.6 Å². The molecule has 4 rings (SSSR count). The molecule has 3 heterocycles. The highest BCUT2D eigenvalue weighted by molar-refractivity contribution is 7.44. The van der Waals surface area contributed by atoms with E-state index in [0.717, 1.165) is 0 Å². The van der Waals surface area contributed by atoms with Gasteiger partial charge in [0.2, 0.25) is 29.5 Å². The third kappa shape index (κ3) is 39.4. The molecule has 5 amide bonds. The fourth-order valence-corrected chi connectivity index (χ4v) is 16.3. The number of carbonyl (C=O) groups is 14. The van der Waals surface area contributed by atoms with Crippen LogP contribution in [0.25, 0.3) is 0 Å². The highest BCUT2D eigenvalue weighted by Gasteiger charge is 2.50. The lowest BCUT2D eigenvalue weighted by Crippen LogP contribution is -2.62. The van der Waals surface area contributed by atoms with Crippen molar-refractivity contribution >= 4 is 91.2 Å². The first kappa shape index (κ1) is 105. The van der Waals surface area contributed by atoms with Crippen LogP contribution < -0.4 is 26.6 Å². The van der Waals surface area contributed by atoms with E-state index < -0.39 is 195 Å². The van der Waals surface area contributed by atoms with Crippen LogP contribution in [0, 0.1) is 35.0 Å². The largest absolute Gasteiger partial charge is 0.463 e. The fraction of sp³-hybridized carbons (Fsp3) is 0.815. The highest BCUT2D eigenvalue weighted by Crippen LogP contribution is 2.49. The Morgan fingerprint density at radius 1 is 0.442 bits per heavy atom. The number of amides is 5. The molecular weight excluding hydrogens is 1600 g/mol. The normalized spacial score (nSPS) is 25.5. The van der Waals surface area contributed by atoms with Gasteiger partial charge < -0.3 is 107 Å². The van der Waals surface area contributed by atoms with Gasteiger partial charge in [-0.2, -0.15) is 5.26 Å². The number of nitrogens with one attached hydrogen (secondary N) is 5. The minimum atomic E-state index is -1.52. The zero-order valence-electron chi connectivity index (χ0n) is 72.6. The molecule has 0 aromatic rings. The van der Waals surface area contributed by atoms with Crippen molar-refractivity contribution in [2.75, 3.05) is 85.9 Å². The molecule has 3 aliphatic heterocycles. The molecule has 4 fully saturated rings. The van der Waals surface area contributed by atoms with Crippen molar-refractivity contribution in [3.63, 3.8) is 0 Å². The Kier molecular flexibility index (Phi) is 49.3. The summed E-state index contributed by atoms with van der Waals surface area (Å²) in [6.07, 6.45) is -6.81. The summed E-state index contributed by atoms with van der Waals surface area (Å²) in [5.74, 6) is -9.22. The monoisotopic (exact) mass is 1730 g/mol. The molecule has 120 heavy (non-hydrogen) atoms. The number of esters is 6. The second kappa shape index (κ2) is 56.4. The number of carbonyl (C=O) groups excluding carboxylic acids is 14. The van der Waals surface area contributed by atoms with Crippen molar-refractivity contribution in [3.05, 3.63) is 0 Å². The van der Waals surface area contributed by atoms with E-state index in [4.69, 9.17) is 80.1 Å². The van der Waals surface area contributed by atoms with Crippen LogP contribution in [0.15, 0.2) is 0 Å². The molecule has 0 radical (unpaired) electrons. The van der Waals surface area contributed by atoms with Crippen molar-refractivity contribution in [1.82, 2.24) is 31.3 Å². The lowest BCUT2D eigenvalue weighted by Gasteiger charge is -2.44. The van der Waals surface area contributed by atoms with Crippen LogP contribution in [0.4, 0.5) is 0 Å². The van der Waals surface area contributed by atoms with Gasteiger partial charge in [0, 0.05) is 156 Å². The van der Waals surface area contributed by atoms with Gasteiger partial charge in [-0.05, 0) is 91.9 Å². The molecule has 1 saturated carbocycles. The Bertz CT molecular complexity index is 3290. The minimum Gasteiger partial charge on any atom is -0.463 e. The molecule has 0 spiro atoms. The number of hydrogen-bond acceptors (Lipinski definition) is 33. The standard InChI is InChI=1S/C81H132N7O31P/c1-47(2)88(48(3)4)120(112-37-18-17-33-82)119-63-28-25-61(26-29-63)78(102)87-65(67(100)24-21-36-105-40-43-108-81-74(85-54(10)91)51(7)77(115-60(16)97)70(118-81)46-111-57(13)94)31-32-71(101)86-64(66(99)23-20-35-104-39-42-107-80-73(84-53(9)90)50(6)76(114-59(15)96)69(117-80)45-110-56(12)93)30-27-62(98)22-19-34-103-38-41-106-79-72(83-52(8)89)49(5)75(113-58(14)95)68(116-79)44-109-55(11)92/h47-51,61,63-65,68-70,72-77,79-81H,17-32,34-46H2,1-16H3,(H,83,89)(H,84,90)(H,85,91)(H,86,101)(H,87,102). The Labute approximate surface area is 705 Å². The predicted octanol–water partition coefficient (Wildman–Crippen LogP) is 4.99. The SMILES string of the molecule is CC(=O)NC1C(OCCOCCCC(=O)CCC(NC(=O)CCC(NC(=O)C2CCC(OP(OCCCC#N)N(C(C)C)C(C)C)CC2)C(=O)CCCOCCOC2OC(COC(C)=O)C(OC(C)=O)C(C)C2NC(C)=O)C(=O)CCCOCCOC2OC(COC(C)=O)C(OC(C)=O)C(C)C2NC(C)=O)OC(COC(C)=O)C(OC(C)=O)C1C. The van der Waals surface area contributed by atoms with Crippen LogP contribution >= 0.6 is 8.53 Å². The summed E-state index contributed by atoms with van der Waals surface area (Å²) in [4.78, 5) is 180. The predicted molar refractivity (Wildman–Crippen MR) is 425 cm³/mol. The molecule has 3 saturated heterocycles. The maximum absolute atomic E-state index is 14.4. The van der Waals surface area contributed by atoms with Crippen molar-refractivity contribution in [2.24, 2.45) is 23.7 Å². The van der Waals surface area contributed by atoms with Crippen molar-refractivity contribution < 1.29 is 147 Å². The van der Waals surface area contributed by atoms with Crippen LogP contribution in [0.5, 0.6) is 0 Å². The summed E-state index contributed by atoms with van der Waals surface area (Å²) in [7, 11) is -1.52. The zero-order chi connectivity index (χ0) is 89.1. The highest BCUT2D eigenvalue weighted by atomic mass is 31.2. The molecule has 1 aliphatic carbocycles. The second-order valence-electron chi connectivity index (χ2n) is 31.0. The summed E-state index contributed by atoms with van der Waals surface area (Å²) in [5, 5.41) is 23.3. The zero-order valence-corrected chi connectivity index (χ0v) is 73.5. The number of unbranched alkanes of at least 4 members (excludes halogenated alkanes) is 1. The van der Waals surface area contributed by atoms with E-state index in [9.17, 15) is 72.4 Å². The number of nitriles is 1. The summed E-state index contributed by atoms with van der Waals surface area (Å²) < 4.78 is 101. The molecule has 0 aromatic carbocycles. The first-order valence-electron chi connectivity index (χ1n) is 41.6. The summed E-state index contributed by atoms with van der Waals surface area (Å²) in [6.45, 7) is 24.1. The first-order valence-corrected chi connectivity index (χ1v) is 42.7. The smallest absolute Gasteiger partial charge is 0.303 e. The third-order valence-corrected chi connectivity index (χ3v) is 22.4. The minimum absolute atomic E-state index is 0.0122. The lowest BCUT2D eigenvalue weighted by molar-refractivity contribution is -0.264. The number of nitrogens with zero attached hydrogens (tertiary/aromatic N) is 2. The molecule has 39 heteroatoms. The van der Waals surface area contributed by atoms with Gasteiger partial charge in [-0.1, -0.05) is 20.8 Å². The quantitative estimate of drug-likeness (QED) is 0.0232. The molecule has 682 valence electrons. The van der Waals surface area contributed by atoms with Crippen molar-refractivity contribution in [1.29, 1.82) is 5.26 Å². The Morgan fingerprint density at radius 3 is 1.16 bits per heavy atom. The van der Waals surface area contributed by atoms with Crippen LogP contribution in [0.2, 0.25) is 0 Å². The number of rotatable bonds is 56. The van der Waals surface area contributed by atoms with Gasteiger partial charge in [0.25, 0.3) is 8.53 Å². The average Bonchev–Trinajstić information content (AvgIpc) is 0.803. The van der Waals surface area contributed by atoms with Crippen LogP contribution in [-0.2, 0) is 147 Å². The summed E-state index contributed by atoms with van der Waals surface area (Å²) in [6, 6.07) is -2.47. The van der Waals surface area contributed by atoms with E-state index in [2.05, 4.69) is 65.0 Å². The lowest BCUT2D eigenvalue weighted by atomic mass is 9.86. The van der Waals surface area contributed by atoms with Crippen LogP contribution in [0.1, 0.15) is 214 Å². The first-order chi connectivity index (χ1) is 56.9. The van der Waals surface area contributed by atoms with E-state index in [1.165, 1.54) is 62.3 Å². The summed E-state index contributed by atoms with van der Waals surface area (Å²) in [5.41, 5.74) is 0. The number of ketones is 3. The van der Waals surface area contributed by atoms with Gasteiger partial charge in [0.1, 0.15) is 62.2 Å². The fourth-order valence-electron chi connectivity index (χ4n) is 14.5. The second-order valence-corrected chi connectivity index (χ2v) is 32.4. The molecular formula is C81H132N7O31P. The molecule has 0 bridgehead atoms. The summed E-state index contributed by atoms with van der Waals surface area (Å²) >= 11 is 0. The Balaban J connectivity index is 1.50. The van der Waals surface area contributed by atoms with E-state index in [1.54, 1.807) is 20.8 Å². The number of ether oxygens (including phenoxy) is 15. The van der Waals surface area contributed by atoms with E-state index in [1.807, 2.05) is 0 Å². The van der Waals surface area contributed by atoms with E-state index in [-0.39, 0.29) is 167 Å². The van der Waals surface area contributed by atoms with Gasteiger partial charge in [-0.25, -0.2) is 4.67 Å². The molecule has 38 nitrogen and oxygen atoms in total. The molecule has 4 aliphatic rings. The van der Waals surface area contributed by atoms with Crippen molar-refractivity contribution in [2.45, 2.75) is 317 Å². The molecule has 0 aromatic heterocycles. The number of hydrogen-bond donors (Lipinski definition) is 5.